The van der Waals surface area contributed by atoms with Gasteiger partial charge in [0.1, 0.15) is 11.6 Å². The molecular formula is C25H19FN2O3S. The number of para-hydroxylation sites is 1. The molecule has 3 heterocycles. The number of furan rings is 1. The number of benzene rings is 2. The minimum absolute atomic E-state index is 0.259. The molecule has 0 bridgehead atoms. The molecule has 5 rings (SSSR count). The second kappa shape index (κ2) is 8.51. The van der Waals surface area contributed by atoms with Crippen molar-refractivity contribution >= 4 is 40.1 Å². The fourth-order valence-electron chi connectivity index (χ4n) is 3.87. The summed E-state index contributed by atoms with van der Waals surface area (Å²) in [6, 6.07) is 17.2. The number of carbonyl (C=O) groups excluding carboxylic acids is 2. The van der Waals surface area contributed by atoms with Crippen LogP contribution in [0, 0.1) is 5.82 Å². The van der Waals surface area contributed by atoms with Gasteiger partial charge >= 0.3 is 0 Å². The maximum absolute atomic E-state index is 13.5. The van der Waals surface area contributed by atoms with Gasteiger partial charge in [0.05, 0.1) is 22.5 Å². The number of aromatic amines is 1. The van der Waals surface area contributed by atoms with E-state index in [2.05, 4.69) is 4.98 Å². The lowest BCUT2D eigenvalue weighted by molar-refractivity contribution is -0.136. The van der Waals surface area contributed by atoms with Crippen LogP contribution >= 0.6 is 11.8 Å². The summed E-state index contributed by atoms with van der Waals surface area (Å²) >= 11 is 1.26. The van der Waals surface area contributed by atoms with Crippen molar-refractivity contribution < 1.29 is 18.4 Å². The quantitative estimate of drug-likeness (QED) is 0.399. The zero-order valence-corrected chi connectivity index (χ0v) is 17.8. The molecule has 32 heavy (non-hydrogen) atoms. The van der Waals surface area contributed by atoms with Crippen LogP contribution in [-0.4, -0.2) is 28.2 Å². The van der Waals surface area contributed by atoms with E-state index in [1.54, 1.807) is 12.3 Å². The maximum Gasteiger partial charge on any atom is 0.268 e. The van der Waals surface area contributed by atoms with Crippen LogP contribution in [0.25, 0.3) is 16.5 Å². The Morgan fingerprint density at radius 2 is 1.78 bits per heavy atom. The number of nitrogens with zero attached hydrogens (tertiary/aromatic N) is 1. The van der Waals surface area contributed by atoms with E-state index in [0.29, 0.717) is 34.0 Å². The van der Waals surface area contributed by atoms with Crippen molar-refractivity contribution in [3.8, 4) is 0 Å². The van der Waals surface area contributed by atoms with Crippen LogP contribution in [0.5, 0.6) is 0 Å². The van der Waals surface area contributed by atoms with Gasteiger partial charge in [-0.15, -0.1) is 11.8 Å². The van der Waals surface area contributed by atoms with Gasteiger partial charge in [0, 0.05) is 23.6 Å². The van der Waals surface area contributed by atoms with Crippen molar-refractivity contribution in [2.45, 2.75) is 12.2 Å². The number of amides is 2. The number of rotatable bonds is 7. The third kappa shape index (κ3) is 3.76. The monoisotopic (exact) mass is 446 g/mol. The lowest BCUT2D eigenvalue weighted by atomic mass is 10.1. The van der Waals surface area contributed by atoms with Crippen LogP contribution in [-0.2, 0) is 21.8 Å². The highest BCUT2D eigenvalue weighted by atomic mass is 32.2. The van der Waals surface area contributed by atoms with Crippen molar-refractivity contribution in [1.82, 2.24) is 9.88 Å². The standard InChI is InChI=1S/C25H19FN2O3S/c26-18-9-7-16(8-10-18)22-23(32-15-19-4-3-13-31-19)25(30)28(24(22)29)12-11-17-14-27-21-6-2-1-5-20(17)21/h1-10,13-14,27H,11-12,15H2. The second-order valence-electron chi connectivity index (χ2n) is 7.45. The molecule has 7 heteroatoms. The van der Waals surface area contributed by atoms with E-state index in [4.69, 9.17) is 4.42 Å². The number of nitrogens with one attached hydrogen (secondary N) is 1. The number of H-pyrrole nitrogens is 1. The third-order valence-corrected chi connectivity index (χ3v) is 6.57. The molecule has 4 aromatic rings. The Labute approximate surface area is 187 Å². The first-order valence-corrected chi connectivity index (χ1v) is 11.2. The summed E-state index contributed by atoms with van der Waals surface area (Å²) in [6.45, 7) is 0.259. The van der Waals surface area contributed by atoms with Gasteiger partial charge < -0.3 is 9.40 Å². The third-order valence-electron chi connectivity index (χ3n) is 5.48. The van der Waals surface area contributed by atoms with Crippen LogP contribution in [0.3, 0.4) is 0 Å². The van der Waals surface area contributed by atoms with E-state index in [0.717, 1.165) is 16.5 Å². The summed E-state index contributed by atoms with van der Waals surface area (Å²) in [6.07, 6.45) is 4.02. The normalized spacial score (nSPS) is 14.2. The molecule has 0 atom stereocenters. The average molecular weight is 447 g/mol. The molecule has 1 aliphatic rings. The van der Waals surface area contributed by atoms with Gasteiger partial charge in [-0.25, -0.2) is 4.39 Å². The molecule has 5 nitrogen and oxygen atoms in total. The van der Waals surface area contributed by atoms with Gasteiger partial charge in [-0.3, -0.25) is 14.5 Å². The molecule has 0 unspecified atom stereocenters. The lowest BCUT2D eigenvalue weighted by Crippen LogP contribution is -2.33. The Bertz CT molecular complexity index is 1320. The minimum atomic E-state index is -0.396. The van der Waals surface area contributed by atoms with Crippen LogP contribution in [0.15, 0.2) is 82.4 Å². The molecule has 2 amide bonds. The van der Waals surface area contributed by atoms with Gasteiger partial charge in [0.25, 0.3) is 11.8 Å². The number of hydrogen-bond acceptors (Lipinski definition) is 4. The Balaban J connectivity index is 1.42. The number of fused-ring (bicyclic) bond motifs is 1. The molecule has 2 aromatic heterocycles. The Morgan fingerprint density at radius 1 is 0.969 bits per heavy atom. The zero-order valence-electron chi connectivity index (χ0n) is 17.0. The summed E-state index contributed by atoms with van der Waals surface area (Å²) in [5.74, 6) is 0.0437. The molecule has 0 saturated heterocycles. The topological polar surface area (TPSA) is 66.3 Å². The molecule has 160 valence electrons. The number of aromatic nitrogens is 1. The number of hydrogen-bond donors (Lipinski definition) is 1. The van der Waals surface area contributed by atoms with Gasteiger partial charge in [0.2, 0.25) is 0 Å². The van der Waals surface area contributed by atoms with Gasteiger partial charge in [-0.2, -0.15) is 0 Å². The van der Waals surface area contributed by atoms with Gasteiger partial charge in [0.15, 0.2) is 0 Å². The van der Waals surface area contributed by atoms with E-state index in [1.807, 2.05) is 36.5 Å². The van der Waals surface area contributed by atoms with E-state index >= 15 is 0 Å². The highest BCUT2D eigenvalue weighted by Gasteiger charge is 2.39. The lowest BCUT2D eigenvalue weighted by Gasteiger charge is -2.15. The first kappa shape index (κ1) is 20.3. The van der Waals surface area contributed by atoms with Crippen molar-refractivity contribution in [2.75, 3.05) is 6.54 Å². The molecule has 0 radical (unpaired) electrons. The largest absolute Gasteiger partial charge is 0.468 e. The van der Waals surface area contributed by atoms with Crippen LogP contribution < -0.4 is 0 Å². The number of halogens is 1. The molecule has 1 aliphatic heterocycles. The molecule has 0 aliphatic carbocycles. The highest BCUT2D eigenvalue weighted by molar-refractivity contribution is 8.03. The first-order chi connectivity index (χ1) is 15.6. The Hall–Kier alpha value is -3.58. The average Bonchev–Trinajstić information content (AvgIpc) is 3.52. The Morgan fingerprint density at radius 3 is 2.56 bits per heavy atom. The second-order valence-corrected chi connectivity index (χ2v) is 8.44. The van der Waals surface area contributed by atoms with Crippen LogP contribution in [0.2, 0.25) is 0 Å². The fourth-order valence-corrected chi connectivity index (χ4v) is 4.90. The minimum Gasteiger partial charge on any atom is -0.468 e. The van der Waals surface area contributed by atoms with E-state index in [1.165, 1.54) is 40.9 Å². The summed E-state index contributed by atoms with van der Waals surface area (Å²) in [5.41, 5.74) is 2.90. The molecule has 2 aromatic carbocycles. The SMILES string of the molecule is O=C1C(SCc2ccco2)=C(c2ccc(F)cc2)C(=O)N1CCc1c[nH]c2ccccc12. The maximum atomic E-state index is 13.5. The summed E-state index contributed by atoms with van der Waals surface area (Å²) < 4.78 is 18.8. The molecule has 1 N–H and O–H groups in total. The van der Waals surface area contributed by atoms with E-state index < -0.39 is 5.82 Å². The van der Waals surface area contributed by atoms with Crippen molar-refractivity contribution in [3.63, 3.8) is 0 Å². The summed E-state index contributed by atoms with van der Waals surface area (Å²) in [5, 5.41) is 1.07. The molecule has 0 fully saturated rings. The van der Waals surface area contributed by atoms with Crippen molar-refractivity contribution in [1.29, 1.82) is 0 Å². The number of carbonyl (C=O) groups is 2. The van der Waals surface area contributed by atoms with Crippen LogP contribution in [0.4, 0.5) is 4.39 Å². The first-order valence-electron chi connectivity index (χ1n) is 10.2. The number of imide groups is 1. The van der Waals surface area contributed by atoms with Crippen molar-refractivity contribution in [2.24, 2.45) is 0 Å². The molecule has 0 saturated carbocycles. The zero-order chi connectivity index (χ0) is 22.1. The fraction of sp³-hybridized carbons (Fsp3) is 0.120. The van der Waals surface area contributed by atoms with Crippen molar-refractivity contribution in [3.05, 3.63) is 101 Å². The van der Waals surface area contributed by atoms with E-state index in [-0.39, 0.29) is 18.4 Å². The number of thioether (sulfide) groups is 1. The summed E-state index contributed by atoms with van der Waals surface area (Å²) in [4.78, 5) is 31.4. The summed E-state index contributed by atoms with van der Waals surface area (Å²) in [7, 11) is 0. The van der Waals surface area contributed by atoms with Gasteiger partial charge in [-0.1, -0.05) is 30.3 Å². The van der Waals surface area contributed by atoms with E-state index in [9.17, 15) is 14.0 Å². The predicted octanol–water partition coefficient (Wildman–Crippen LogP) is 5.16. The molecule has 0 spiro atoms. The Kier molecular flexibility index (Phi) is 5.41. The molecular weight excluding hydrogens is 427 g/mol. The van der Waals surface area contributed by atoms with Crippen LogP contribution in [0.1, 0.15) is 16.9 Å². The van der Waals surface area contributed by atoms with Gasteiger partial charge in [-0.05, 0) is 47.9 Å². The smallest absolute Gasteiger partial charge is 0.268 e. The highest BCUT2D eigenvalue weighted by Crippen LogP contribution is 2.37. The predicted molar refractivity (Wildman–Crippen MR) is 122 cm³/mol.